The highest BCUT2D eigenvalue weighted by Crippen LogP contribution is 2.38. The minimum absolute atomic E-state index is 0.133. The standard InChI is InChI=1S/C17H16N2/c1-13(14-7-3-2-4-8-14)19-12-15-9-5-6-10-16(15)17(19)11-18/h2-10,13,17H,12H2,1H3. The highest BCUT2D eigenvalue weighted by Gasteiger charge is 2.33. The van der Waals surface area contributed by atoms with Crippen LogP contribution in [0.3, 0.4) is 0 Å². The number of rotatable bonds is 2. The predicted molar refractivity (Wildman–Crippen MR) is 75.2 cm³/mol. The molecular weight excluding hydrogens is 232 g/mol. The lowest BCUT2D eigenvalue weighted by atomic mass is 10.0. The molecule has 94 valence electrons. The van der Waals surface area contributed by atoms with Crippen LogP contribution in [-0.2, 0) is 6.54 Å². The van der Waals surface area contributed by atoms with Gasteiger partial charge in [0.05, 0.1) is 6.07 Å². The van der Waals surface area contributed by atoms with Crippen molar-refractivity contribution in [3.63, 3.8) is 0 Å². The molecule has 3 rings (SSSR count). The van der Waals surface area contributed by atoms with E-state index in [1.54, 1.807) is 0 Å². The van der Waals surface area contributed by atoms with Crippen LogP contribution in [0.1, 0.15) is 35.7 Å². The smallest absolute Gasteiger partial charge is 0.124 e. The number of benzene rings is 2. The largest absolute Gasteiger partial charge is 0.273 e. The van der Waals surface area contributed by atoms with E-state index in [0.29, 0.717) is 0 Å². The number of nitrogens with zero attached hydrogens (tertiary/aromatic N) is 2. The molecule has 2 aromatic rings. The van der Waals surface area contributed by atoms with E-state index in [0.717, 1.165) is 12.1 Å². The molecule has 19 heavy (non-hydrogen) atoms. The molecule has 2 atom stereocenters. The minimum Gasteiger partial charge on any atom is -0.273 e. The molecule has 0 aliphatic carbocycles. The summed E-state index contributed by atoms with van der Waals surface area (Å²) in [5.74, 6) is 0. The first kappa shape index (κ1) is 12.0. The van der Waals surface area contributed by atoms with Crippen LogP contribution >= 0.6 is 0 Å². The normalized spacial score (nSPS) is 19.7. The Morgan fingerprint density at radius 2 is 1.79 bits per heavy atom. The average Bonchev–Trinajstić information content (AvgIpc) is 2.85. The van der Waals surface area contributed by atoms with Crippen LogP contribution in [0.15, 0.2) is 54.6 Å². The van der Waals surface area contributed by atoms with E-state index in [1.165, 1.54) is 11.1 Å². The minimum atomic E-state index is -0.133. The summed E-state index contributed by atoms with van der Waals surface area (Å²) in [6.07, 6.45) is 0. The Labute approximate surface area is 113 Å². The first-order valence-electron chi connectivity index (χ1n) is 6.59. The maximum absolute atomic E-state index is 9.49. The molecule has 2 nitrogen and oxygen atoms in total. The van der Waals surface area contributed by atoms with Gasteiger partial charge in [-0.25, -0.2) is 0 Å². The molecule has 0 saturated carbocycles. The van der Waals surface area contributed by atoms with Gasteiger partial charge in [-0.1, -0.05) is 54.6 Å². The third-order valence-corrected chi connectivity index (χ3v) is 3.94. The summed E-state index contributed by atoms with van der Waals surface area (Å²) >= 11 is 0. The van der Waals surface area contributed by atoms with Crippen LogP contribution < -0.4 is 0 Å². The highest BCUT2D eigenvalue weighted by molar-refractivity contribution is 5.38. The monoisotopic (exact) mass is 248 g/mol. The first-order valence-corrected chi connectivity index (χ1v) is 6.59. The fraction of sp³-hybridized carbons (Fsp3) is 0.235. The Morgan fingerprint density at radius 3 is 2.53 bits per heavy atom. The molecular formula is C17H16N2. The second-order valence-corrected chi connectivity index (χ2v) is 4.99. The summed E-state index contributed by atoms with van der Waals surface area (Å²) in [5, 5.41) is 9.49. The maximum Gasteiger partial charge on any atom is 0.124 e. The van der Waals surface area contributed by atoms with Gasteiger partial charge in [0.1, 0.15) is 6.04 Å². The lowest BCUT2D eigenvalue weighted by Gasteiger charge is -2.27. The van der Waals surface area contributed by atoms with E-state index in [4.69, 9.17) is 0 Å². The number of nitriles is 1. The molecule has 0 spiro atoms. The van der Waals surface area contributed by atoms with Crippen molar-refractivity contribution in [2.45, 2.75) is 25.6 Å². The number of hydrogen-bond acceptors (Lipinski definition) is 2. The van der Waals surface area contributed by atoms with Crippen LogP contribution in [-0.4, -0.2) is 4.90 Å². The van der Waals surface area contributed by atoms with Gasteiger partial charge < -0.3 is 0 Å². The molecule has 0 amide bonds. The summed E-state index contributed by atoms with van der Waals surface area (Å²) in [6, 6.07) is 21.2. The van der Waals surface area contributed by atoms with Crippen LogP contribution in [0.25, 0.3) is 0 Å². The zero-order valence-corrected chi connectivity index (χ0v) is 11.0. The molecule has 0 saturated heterocycles. The van der Waals surface area contributed by atoms with Gasteiger partial charge in [0.25, 0.3) is 0 Å². The first-order chi connectivity index (χ1) is 9.31. The molecule has 0 radical (unpaired) electrons. The summed E-state index contributed by atoms with van der Waals surface area (Å²) in [5.41, 5.74) is 3.69. The molecule has 1 aliphatic rings. The number of hydrogen-bond donors (Lipinski definition) is 0. The van der Waals surface area contributed by atoms with Crippen molar-refractivity contribution in [1.82, 2.24) is 4.90 Å². The van der Waals surface area contributed by atoms with E-state index >= 15 is 0 Å². The van der Waals surface area contributed by atoms with Gasteiger partial charge in [-0.3, -0.25) is 4.90 Å². The molecule has 0 aromatic heterocycles. The van der Waals surface area contributed by atoms with Gasteiger partial charge in [-0.15, -0.1) is 0 Å². The lowest BCUT2D eigenvalue weighted by Crippen LogP contribution is -2.24. The third-order valence-electron chi connectivity index (χ3n) is 3.94. The highest BCUT2D eigenvalue weighted by atomic mass is 15.2. The van der Waals surface area contributed by atoms with E-state index < -0.39 is 0 Å². The number of fused-ring (bicyclic) bond motifs is 1. The Hall–Kier alpha value is -2.11. The van der Waals surface area contributed by atoms with Crippen molar-refractivity contribution in [1.29, 1.82) is 5.26 Å². The molecule has 0 N–H and O–H groups in total. The maximum atomic E-state index is 9.49. The van der Waals surface area contributed by atoms with Crippen molar-refractivity contribution < 1.29 is 0 Å². The van der Waals surface area contributed by atoms with Crippen molar-refractivity contribution >= 4 is 0 Å². The fourth-order valence-corrected chi connectivity index (χ4v) is 2.84. The molecule has 0 fully saturated rings. The second kappa shape index (κ2) is 4.87. The summed E-state index contributed by atoms with van der Waals surface area (Å²) in [4.78, 5) is 2.26. The third kappa shape index (κ3) is 2.03. The van der Waals surface area contributed by atoms with Gasteiger partial charge in [-0.2, -0.15) is 5.26 Å². The van der Waals surface area contributed by atoms with E-state index in [2.05, 4.69) is 54.3 Å². The van der Waals surface area contributed by atoms with Crippen molar-refractivity contribution in [3.8, 4) is 6.07 Å². The summed E-state index contributed by atoms with van der Waals surface area (Å²) in [6.45, 7) is 3.02. The van der Waals surface area contributed by atoms with Crippen LogP contribution in [0.4, 0.5) is 0 Å². The predicted octanol–water partition coefficient (Wildman–Crippen LogP) is 3.83. The molecule has 2 unspecified atom stereocenters. The Morgan fingerprint density at radius 1 is 1.11 bits per heavy atom. The lowest BCUT2D eigenvalue weighted by molar-refractivity contribution is 0.190. The average molecular weight is 248 g/mol. The summed E-state index contributed by atoms with van der Waals surface area (Å²) < 4.78 is 0. The van der Waals surface area contributed by atoms with Gasteiger partial charge in [0.15, 0.2) is 0 Å². The molecule has 2 aromatic carbocycles. The Balaban J connectivity index is 1.94. The zero-order valence-electron chi connectivity index (χ0n) is 11.0. The van der Waals surface area contributed by atoms with Gasteiger partial charge in [0, 0.05) is 12.6 Å². The van der Waals surface area contributed by atoms with E-state index in [1.807, 2.05) is 18.2 Å². The quantitative estimate of drug-likeness (QED) is 0.807. The van der Waals surface area contributed by atoms with Crippen molar-refractivity contribution in [2.75, 3.05) is 0 Å². The van der Waals surface area contributed by atoms with Gasteiger partial charge >= 0.3 is 0 Å². The Bertz CT molecular complexity index is 613. The Kier molecular flexibility index (Phi) is 3.06. The summed E-state index contributed by atoms with van der Waals surface area (Å²) in [7, 11) is 0. The van der Waals surface area contributed by atoms with E-state index in [9.17, 15) is 5.26 Å². The van der Waals surface area contributed by atoms with E-state index in [-0.39, 0.29) is 12.1 Å². The van der Waals surface area contributed by atoms with Crippen molar-refractivity contribution in [2.24, 2.45) is 0 Å². The fourth-order valence-electron chi connectivity index (χ4n) is 2.84. The SMILES string of the molecule is CC(c1ccccc1)N1Cc2ccccc2C1C#N. The van der Waals surface area contributed by atoms with Crippen LogP contribution in [0.5, 0.6) is 0 Å². The van der Waals surface area contributed by atoms with Crippen LogP contribution in [0.2, 0.25) is 0 Å². The molecule has 2 heteroatoms. The second-order valence-electron chi connectivity index (χ2n) is 4.99. The zero-order chi connectivity index (χ0) is 13.2. The van der Waals surface area contributed by atoms with Gasteiger partial charge in [0.2, 0.25) is 0 Å². The topological polar surface area (TPSA) is 27.0 Å². The molecule has 1 heterocycles. The molecule has 0 bridgehead atoms. The molecule has 1 aliphatic heterocycles. The van der Waals surface area contributed by atoms with Gasteiger partial charge in [-0.05, 0) is 23.6 Å². The van der Waals surface area contributed by atoms with Crippen LogP contribution in [0, 0.1) is 11.3 Å². The van der Waals surface area contributed by atoms with Crippen molar-refractivity contribution in [3.05, 3.63) is 71.3 Å².